The summed E-state index contributed by atoms with van der Waals surface area (Å²) in [4.78, 5) is 21.5. The molecule has 24 heavy (non-hydrogen) atoms. The fourth-order valence-corrected chi connectivity index (χ4v) is 3.39. The van der Waals surface area contributed by atoms with Crippen LogP contribution in [0, 0.1) is 13.8 Å². The second-order valence-electron chi connectivity index (χ2n) is 6.29. The summed E-state index contributed by atoms with van der Waals surface area (Å²) >= 11 is 0. The lowest BCUT2D eigenvalue weighted by atomic mass is 10.1. The second-order valence-corrected chi connectivity index (χ2v) is 6.29. The third-order valence-corrected chi connectivity index (χ3v) is 4.53. The van der Waals surface area contributed by atoms with Gasteiger partial charge in [-0.2, -0.15) is 5.10 Å². The van der Waals surface area contributed by atoms with Crippen molar-refractivity contribution in [3.05, 3.63) is 36.0 Å². The van der Waals surface area contributed by atoms with E-state index in [4.69, 9.17) is 0 Å². The number of hydrogen-bond acceptors (Lipinski definition) is 4. The normalized spacial score (nSPS) is 18.6. The van der Waals surface area contributed by atoms with E-state index in [1.165, 1.54) is 0 Å². The van der Waals surface area contributed by atoms with Crippen molar-refractivity contribution in [2.75, 3.05) is 6.54 Å². The largest absolute Gasteiger partial charge is 0.354 e. The number of amides is 1. The van der Waals surface area contributed by atoms with Gasteiger partial charge in [0.25, 0.3) is 0 Å². The minimum absolute atomic E-state index is 0.0588. The molecule has 0 radical (unpaired) electrons. The molecule has 4 heterocycles. The minimum atomic E-state index is -0.231. The van der Waals surface area contributed by atoms with Gasteiger partial charge in [0.1, 0.15) is 11.9 Å². The molecule has 124 valence electrons. The molecule has 0 spiro atoms. The van der Waals surface area contributed by atoms with E-state index in [1.54, 1.807) is 12.4 Å². The first-order chi connectivity index (χ1) is 11.6. The van der Waals surface area contributed by atoms with E-state index in [2.05, 4.69) is 20.4 Å². The quantitative estimate of drug-likeness (QED) is 0.782. The molecule has 7 nitrogen and oxygen atoms in total. The molecule has 1 amide bonds. The maximum atomic E-state index is 12.4. The summed E-state index contributed by atoms with van der Waals surface area (Å²) in [7, 11) is 0. The first kappa shape index (κ1) is 14.9. The van der Waals surface area contributed by atoms with Crippen LogP contribution in [-0.4, -0.2) is 36.6 Å². The van der Waals surface area contributed by atoms with Crippen LogP contribution in [0.15, 0.2) is 24.7 Å². The maximum Gasteiger partial charge on any atom is 0.243 e. The Morgan fingerprint density at radius 1 is 1.29 bits per heavy atom. The third-order valence-electron chi connectivity index (χ3n) is 4.53. The fourth-order valence-electron chi connectivity index (χ4n) is 3.39. The van der Waals surface area contributed by atoms with Crippen LogP contribution in [0.4, 0.5) is 0 Å². The number of carbonyl (C=O) groups excluding carboxylic acids is 1. The average Bonchev–Trinajstić information content (AvgIpc) is 3.11. The molecule has 1 aliphatic heterocycles. The highest BCUT2D eigenvalue weighted by atomic mass is 16.2. The van der Waals surface area contributed by atoms with Crippen molar-refractivity contribution in [2.45, 2.75) is 39.2 Å². The minimum Gasteiger partial charge on any atom is -0.354 e. The second kappa shape index (κ2) is 5.74. The van der Waals surface area contributed by atoms with Crippen LogP contribution in [0.2, 0.25) is 0 Å². The Bertz CT molecular complexity index is 909. The van der Waals surface area contributed by atoms with Crippen molar-refractivity contribution in [1.29, 1.82) is 0 Å². The number of aromatic nitrogens is 5. The van der Waals surface area contributed by atoms with Gasteiger partial charge in [0.05, 0.1) is 11.8 Å². The van der Waals surface area contributed by atoms with Gasteiger partial charge in [-0.3, -0.25) is 4.79 Å². The van der Waals surface area contributed by atoms with Crippen LogP contribution >= 0.6 is 0 Å². The Kier molecular flexibility index (Phi) is 3.55. The van der Waals surface area contributed by atoms with Crippen molar-refractivity contribution in [3.8, 4) is 11.4 Å². The monoisotopic (exact) mass is 324 g/mol. The van der Waals surface area contributed by atoms with Crippen LogP contribution in [0.3, 0.4) is 0 Å². The van der Waals surface area contributed by atoms with Gasteiger partial charge >= 0.3 is 0 Å². The van der Waals surface area contributed by atoms with E-state index in [0.717, 1.165) is 54.2 Å². The fraction of sp³-hybridized carbons (Fsp3) is 0.412. The lowest BCUT2D eigenvalue weighted by Crippen LogP contribution is -2.30. The molecule has 1 unspecified atom stereocenters. The molecule has 1 saturated heterocycles. The summed E-state index contributed by atoms with van der Waals surface area (Å²) in [6.07, 6.45) is 8.24. The molecule has 0 aliphatic carbocycles. The van der Waals surface area contributed by atoms with Crippen molar-refractivity contribution in [2.24, 2.45) is 0 Å². The number of nitrogens with one attached hydrogen (secondary N) is 1. The molecular formula is C17H20N6O. The zero-order valence-electron chi connectivity index (χ0n) is 13.9. The highest BCUT2D eigenvalue weighted by Crippen LogP contribution is 2.28. The van der Waals surface area contributed by atoms with Crippen molar-refractivity contribution >= 4 is 11.6 Å². The molecule has 0 saturated carbocycles. The summed E-state index contributed by atoms with van der Waals surface area (Å²) in [5.74, 6) is 0.799. The van der Waals surface area contributed by atoms with Crippen LogP contribution in [0.5, 0.6) is 0 Å². The summed E-state index contributed by atoms with van der Waals surface area (Å²) < 4.78 is 3.77. The first-order valence-electron chi connectivity index (χ1n) is 8.28. The van der Waals surface area contributed by atoms with E-state index in [9.17, 15) is 4.79 Å². The van der Waals surface area contributed by atoms with Gasteiger partial charge in [-0.05, 0) is 39.2 Å². The number of imidazole rings is 1. The molecule has 0 bridgehead atoms. The lowest BCUT2D eigenvalue weighted by molar-refractivity contribution is -0.124. The zero-order chi connectivity index (χ0) is 16.7. The molecule has 1 aliphatic rings. The van der Waals surface area contributed by atoms with E-state index in [1.807, 2.05) is 35.2 Å². The standard InChI is InChI=1S/C17H20N6O/c1-11-9-12(2)23-16(21-11)13(10-20-23)15-18-7-8-22(15)14-5-3-4-6-19-17(14)24/h7-10,14H,3-6H2,1-2H3,(H,19,24). The molecule has 3 aromatic rings. The van der Waals surface area contributed by atoms with Crippen LogP contribution in [0.1, 0.15) is 36.7 Å². The summed E-state index contributed by atoms with van der Waals surface area (Å²) in [6, 6.07) is 1.76. The number of carbonyl (C=O) groups is 1. The number of hydrogen-bond donors (Lipinski definition) is 1. The maximum absolute atomic E-state index is 12.4. The number of fused-ring (bicyclic) bond motifs is 1. The topological polar surface area (TPSA) is 77.1 Å². The molecular weight excluding hydrogens is 304 g/mol. The van der Waals surface area contributed by atoms with Crippen molar-refractivity contribution < 1.29 is 4.79 Å². The van der Waals surface area contributed by atoms with Gasteiger partial charge in [0.15, 0.2) is 5.65 Å². The lowest BCUT2D eigenvalue weighted by Gasteiger charge is -2.17. The van der Waals surface area contributed by atoms with E-state index >= 15 is 0 Å². The Hall–Kier alpha value is -2.70. The van der Waals surface area contributed by atoms with E-state index in [-0.39, 0.29) is 11.9 Å². The molecule has 3 aromatic heterocycles. The Morgan fingerprint density at radius 3 is 3.04 bits per heavy atom. The SMILES string of the molecule is Cc1cc(C)n2ncc(-c3nccn3C3CCCCNC3=O)c2n1. The van der Waals surface area contributed by atoms with E-state index in [0.29, 0.717) is 0 Å². The van der Waals surface area contributed by atoms with Crippen LogP contribution < -0.4 is 5.32 Å². The van der Waals surface area contributed by atoms with Crippen LogP contribution in [-0.2, 0) is 4.79 Å². The molecule has 1 N–H and O–H groups in total. The van der Waals surface area contributed by atoms with Gasteiger partial charge in [0.2, 0.25) is 5.91 Å². The average molecular weight is 324 g/mol. The highest BCUT2D eigenvalue weighted by molar-refractivity contribution is 5.82. The van der Waals surface area contributed by atoms with Gasteiger partial charge in [-0.15, -0.1) is 0 Å². The number of nitrogens with zero attached hydrogens (tertiary/aromatic N) is 5. The summed E-state index contributed by atoms with van der Waals surface area (Å²) in [5, 5.41) is 7.43. The Balaban J connectivity index is 1.84. The first-order valence-corrected chi connectivity index (χ1v) is 8.28. The molecule has 0 aromatic carbocycles. The summed E-state index contributed by atoms with van der Waals surface area (Å²) in [6.45, 7) is 4.72. The predicted octanol–water partition coefficient (Wildman–Crippen LogP) is 2.05. The van der Waals surface area contributed by atoms with Gasteiger partial charge in [-0.1, -0.05) is 0 Å². The molecule has 1 atom stereocenters. The molecule has 7 heteroatoms. The van der Waals surface area contributed by atoms with Gasteiger partial charge in [-0.25, -0.2) is 14.5 Å². The van der Waals surface area contributed by atoms with Crippen molar-refractivity contribution in [1.82, 2.24) is 29.5 Å². The third kappa shape index (κ3) is 2.36. The smallest absolute Gasteiger partial charge is 0.243 e. The molecule has 1 fully saturated rings. The van der Waals surface area contributed by atoms with E-state index < -0.39 is 0 Å². The Morgan fingerprint density at radius 2 is 2.17 bits per heavy atom. The summed E-state index contributed by atoms with van der Waals surface area (Å²) in [5.41, 5.74) is 3.58. The van der Waals surface area contributed by atoms with Crippen molar-refractivity contribution in [3.63, 3.8) is 0 Å². The van der Waals surface area contributed by atoms with Gasteiger partial charge < -0.3 is 9.88 Å². The number of rotatable bonds is 2. The zero-order valence-corrected chi connectivity index (χ0v) is 13.9. The Labute approximate surface area is 139 Å². The highest BCUT2D eigenvalue weighted by Gasteiger charge is 2.26. The predicted molar refractivity (Wildman–Crippen MR) is 89.6 cm³/mol. The molecule has 4 rings (SSSR count). The van der Waals surface area contributed by atoms with Gasteiger partial charge in [0, 0.05) is 30.3 Å². The number of aryl methyl sites for hydroxylation is 2. The van der Waals surface area contributed by atoms with Crippen LogP contribution in [0.25, 0.3) is 17.0 Å².